The van der Waals surface area contributed by atoms with E-state index in [1.807, 2.05) is 0 Å². The molecule has 19 heavy (non-hydrogen) atoms. The summed E-state index contributed by atoms with van der Waals surface area (Å²) >= 11 is 0. The van der Waals surface area contributed by atoms with Gasteiger partial charge in [-0.3, -0.25) is 4.79 Å². The van der Waals surface area contributed by atoms with Crippen LogP contribution >= 0.6 is 0 Å². The summed E-state index contributed by atoms with van der Waals surface area (Å²) < 4.78 is 42.9. The Labute approximate surface area is 109 Å². The Morgan fingerprint density at radius 2 is 2.05 bits per heavy atom. The highest BCUT2D eigenvalue weighted by atomic mass is 19.4. The van der Waals surface area contributed by atoms with E-state index in [0.29, 0.717) is 19.6 Å². The average Bonchev–Trinajstić information content (AvgIpc) is 2.27. The normalized spacial score (nSPS) is 26.5. The van der Waals surface area contributed by atoms with Gasteiger partial charge >= 0.3 is 6.18 Å². The molecular formula is C11H16F3N3O2. The van der Waals surface area contributed by atoms with Crippen molar-refractivity contribution in [3.8, 4) is 11.8 Å². The Bertz CT molecular complexity index is 362. The van der Waals surface area contributed by atoms with Gasteiger partial charge in [-0.05, 0) is 0 Å². The molecule has 4 N–H and O–H groups in total. The first-order valence-electron chi connectivity index (χ1n) is 5.78. The van der Waals surface area contributed by atoms with Crippen LogP contribution in [-0.4, -0.2) is 50.5 Å². The predicted molar refractivity (Wildman–Crippen MR) is 62.0 cm³/mol. The molecule has 0 aliphatic carbocycles. The number of primary amides is 1. The maximum atomic E-state index is 12.7. The van der Waals surface area contributed by atoms with Gasteiger partial charge in [0.2, 0.25) is 5.91 Å². The third-order valence-electron chi connectivity index (χ3n) is 2.55. The van der Waals surface area contributed by atoms with Crippen molar-refractivity contribution in [3.05, 3.63) is 0 Å². The SMILES string of the molecule is NC(=O)C1CC(C(F)(F)F)OCC#CCNCCN1. The molecule has 0 saturated heterocycles. The van der Waals surface area contributed by atoms with Crippen molar-refractivity contribution >= 4 is 5.91 Å². The summed E-state index contributed by atoms with van der Waals surface area (Å²) in [6.07, 6.45) is -7.17. The number of carbonyl (C=O) groups is 1. The first-order chi connectivity index (χ1) is 8.91. The lowest BCUT2D eigenvalue weighted by atomic mass is 10.1. The Kier molecular flexibility index (Phi) is 6.08. The summed E-state index contributed by atoms with van der Waals surface area (Å²) in [4.78, 5) is 11.1. The van der Waals surface area contributed by atoms with Gasteiger partial charge in [0.25, 0.3) is 0 Å². The van der Waals surface area contributed by atoms with Crippen molar-refractivity contribution in [2.45, 2.75) is 24.7 Å². The van der Waals surface area contributed by atoms with Crippen LogP contribution in [0.15, 0.2) is 0 Å². The summed E-state index contributed by atoms with van der Waals surface area (Å²) in [5.41, 5.74) is 5.08. The van der Waals surface area contributed by atoms with Gasteiger partial charge in [-0.25, -0.2) is 0 Å². The standard InChI is InChI=1S/C11H16F3N3O2/c12-11(13,14)9-7-8(10(15)18)17-5-4-16-3-1-2-6-19-9/h8-9,16-17H,3-7H2,(H2,15,18). The molecule has 0 aromatic rings. The molecule has 1 rings (SSSR count). The molecule has 0 fully saturated rings. The van der Waals surface area contributed by atoms with Gasteiger partial charge in [-0.1, -0.05) is 11.8 Å². The van der Waals surface area contributed by atoms with Gasteiger partial charge in [0.05, 0.1) is 12.6 Å². The molecule has 1 aliphatic rings. The number of alkyl halides is 3. The highest BCUT2D eigenvalue weighted by molar-refractivity contribution is 5.79. The van der Waals surface area contributed by atoms with Crippen LogP contribution in [0.3, 0.4) is 0 Å². The van der Waals surface area contributed by atoms with Gasteiger partial charge in [-0.2, -0.15) is 13.2 Å². The van der Waals surface area contributed by atoms with Crippen molar-refractivity contribution < 1.29 is 22.7 Å². The van der Waals surface area contributed by atoms with Crippen molar-refractivity contribution in [1.29, 1.82) is 0 Å². The third kappa shape index (κ3) is 5.92. The van der Waals surface area contributed by atoms with E-state index < -0.39 is 30.7 Å². The van der Waals surface area contributed by atoms with E-state index in [1.165, 1.54) is 0 Å². The Morgan fingerprint density at radius 3 is 2.68 bits per heavy atom. The molecule has 0 aromatic heterocycles. The van der Waals surface area contributed by atoms with Gasteiger partial charge in [0, 0.05) is 19.5 Å². The van der Waals surface area contributed by atoms with Crippen LogP contribution in [0, 0.1) is 11.8 Å². The maximum absolute atomic E-state index is 12.7. The maximum Gasteiger partial charge on any atom is 0.414 e. The average molecular weight is 279 g/mol. The van der Waals surface area contributed by atoms with Crippen LogP contribution in [0.4, 0.5) is 13.2 Å². The number of halogens is 3. The first kappa shape index (κ1) is 15.8. The fraction of sp³-hybridized carbons (Fsp3) is 0.727. The molecule has 0 radical (unpaired) electrons. The highest BCUT2D eigenvalue weighted by Crippen LogP contribution is 2.26. The quantitative estimate of drug-likeness (QED) is 0.559. The molecule has 1 amide bonds. The zero-order chi connectivity index (χ0) is 14.3. The van der Waals surface area contributed by atoms with Crippen LogP contribution in [-0.2, 0) is 9.53 Å². The largest absolute Gasteiger partial charge is 0.414 e. The smallest absolute Gasteiger partial charge is 0.368 e. The van der Waals surface area contributed by atoms with Crippen molar-refractivity contribution in [1.82, 2.24) is 10.6 Å². The number of hydrogen-bond acceptors (Lipinski definition) is 4. The molecule has 0 saturated carbocycles. The fourth-order valence-corrected chi connectivity index (χ4v) is 1.55. The summed E-state index contributed by atoms with van der Waals surface area (Å²) in [7, 11) is 0. The molecule has 0 aromatic carbocycles. The van der Waals surface area contributed by atoms with E-state index in [1.54, 1.807) is 0 Å². The first-order valence-corrected chi connectivity index (χ1v) is 5.78. The van der Waals surface area contributed by atoms with Crippen LogP contribution in [0.1, 0.15) is 6.42 Å². The minimum Gasteiger partial charge on any atom is -0.368 e. The van der Waals surface area contributed by atoms with Crippen molar-refractivity contribution in [2.24, 2.45) is 5.73 Å². The van der Waals surface area contributed by atoms with Crippen LogP contribution < -0.4 is 16.4 Å². The lowest BCUT2D eigenvalue weighted by Crippen LogP contribution is -2.48. The fourth-order valence-electron chi connectivity index (χ4n) is 1.55. The van der Waals surface area contributed by atoms with Gasteiger partial charge in [0.1, 0.15) is 6.61 Å². The second-order valence-corrected chi connectivity index (χ2v) is 4.02. The molecule has 1 heterocycles. The highest BCUT2D eigenvalue weighted by Gasteiger charge is 2.42. The summed E-state index contributed by atoms with van der Waals surface area (Å²) in [6, 6.07) is -1.08. The minimum absolute atomic E-state index is 0.319. The van der Waals surface area contributed by atoms with Gasteiger partial charge in [-0.15, -0.1) is 0 Å². The van der Waals surface area contributed by atoms with E-state index in [0.717, 1.165) is 0 Å². The Balaban J connectivity index is 2.76. The van der Waals surface area contributed by atoms with E-state index in [-0.39, 0.29) is 6.61 Å². The number of rotatable bonds is 1. The van der Waals surface area contributed by atoms with Crippen molar-refractivity contribution in [2.75, 3.05) is 26.2 Å². The second kappa shape index (κ2) is 7.33. The van der Waals surface area contributed by atoms with E-state index in [9.17, 15) is 18.0 Å². The number of carbonyl (C=O) groups excluding carboxylic acids is 1. The van der Waals surface area contributed by atoms with E-state index >= 15 is 0 Å². The third-order valence-corrected chi connectivity index (χ3v) is 2.55. The van der Waals surface area contributed by atoms with Crippen LogP contribution in [0.5, 0.6) is 0 Å². The van der Waals surface area contributed by atoms with Gasteiger partial charge < -0.3 is 21.1 Å². The molecule has 2 unspecified atom stereocenters. The molecule has 8 heteroatoms. The molecular weight excluding hydrogens is 263 g/mol. The minimum atomic E-state index is -4.56. The number of hydrogen-bond donors (Lipinski definition) is 3. The summed E-state index contributed by atoms with van der Waals surface area (Å²) in [5, 5.41) is 5.61. The Morgan fingerprint density at radius 1 is 1.32 bits per heavy atom. The lowest BCUT2D eigenvalue weighted by Gasteiger charge is -2.24. The second-order valence-electron chi connectivity index (χ2n) is 4.02. The number of amides is 1. The van der Waals surface area contributed by atoms with Crippen LogP contribution in [0.2, 0.25) is 0 Å². The monoisotopic (exact) mass is 279 g/mol. The summed E-state index contributed by atoms with van der Waals surface area (Å²) in [6.45, 7) is 0.816. The van der Waals surface area contributed by atoms with Crippen molar-refractivity contribution in [3.63, 3.8) is 0 Å². The molecule has 108 valence electrons. The topological polar surface area (TPSA) is 76.4 Å². The molecule has 0 spiro atoms. The van der Waals surface area contributed by atoms with Gasteiger partial charge in [0.15, 0.2) is 6.10 Å². The zero-order valence-corrected chi connectivity index (χ0v) is 10.2. The molecule has 2 atom stereocenters. The molecule has 0 bridgehead atoms. The van der Waals surface area contributed by atoms with E-state index in [2.05, 4.69) is 27.2 Å². The lowest BCUT2D eigenvalue weighted by molar-refractivity contribution is -0.219. The number of nitrogens with two attached hydrogens (primary N) is 1. The van der Waals surface area contributed by atoms with E-state index in [4.69, 9.17) is 5.73 Å². The molecule has 5 nitrogen and oxygen atoms in total. The number of ether oxygens (including phenoxy) is 1. The Hall–Kier alpha value is -1.30. The zero-order valence-electron chi connectivity index (χ0n) is 10.2. The summed E-state index contributed by atoms with van der Waals surface area (Å²) in [5.74, 6) is 4.28. The molecule has 1 aliphatic heterocycles. The number of nitrogens with one attached hydrogen (secondary N) is 2. The predicted octanol–water partition coefficient (Wildman–Crippen LogP) is -0.626. The van der Waals surface area contributed by atoms with Crippen LogP contribution in [0.25, 0.3) is 0 Å².